The maximum Gasteiger partial charge on any atom is 0.112 e. The summed E-state index contributed by atoms with van der Waals surface area (Å²) in [5.41, 5.74) is 3.92. The number of nitrogens with zero attached hydrogens (tertiary/aromatic N) is 1. The molecule has 5 aromatic rings. The second-order valence-electron chi connectivity index (χ2n) is 9.21. The van der Waals surface area contributed by atoms with E-state index >= 15 is 0 Å². The van der Waals surface area contributed by atoms with Gasteiger partial charge in [-0.2, -0.15) is 0 Å². The van der Waals surface area contributed by atoms with Gasteiger partial charge in [0.15, 0.2) is 0 Å². The number of aliphatic imine (C=N–C) groups is 1. The highest BCUT2D eigenvalue weighted by Gasteiger charge is 2.37. The molecule has 0 fully saturated rings. The van der Waals surface area contributed by atoms with Crippen molar-refractivity contribution < 1.29 is 5.11 Å². The lowest BCUT2D eigenvalue weighted by Gasteiger charge is -2.35. The average molecular weight is 470 g/mol. The highest BCUT2D eigenvalue weighted by molar-refractivity contribution is 6.13. The van der Waals surface area contributed by atoms with E-state index in [-0.39, 0.29) is 0 Å². The summed E-state index contributed by atoms with van der Waals surface area (Å²) >= 11 is 0. The first-order valence-electron chi connectivity index (χ1n) is 12.6. The largest absolute Gasteiger partial charge is 0.383 e. The van der Waals surface area contributed by atoms with Crippen molar-refractivity contribution in [3.05, 3.63) is 156 Å². The van der Waals surface area contributed by atoms with Crippen LogP contribution < -0.4 is 0 Å². The van der Waals surface area contributed by atoms with Crippen molar-refractivity contribution in [1.29, 1.82) is 0 Å². The van der Waals surface area contributed by atoms with Crippen LogP contribution in [-0.4, -0.2) is 16.9 Å². The third kappa shape index (κ3) is 4.86. The van der Waals surface area contributed by atoms with E-state index in [1.165, 1.54) is 16.3 Å². The number of rotatable bonds is 8. The number of aliphatic hydroxyl groups is 1. The Hall–Kier alpha value is -4.01. The zero-order chi connectivity index (χ0) is 24.8. The molecule has 0 aliphatic rings. The summed E-state index contributed by atoms with van der Waals surface area (Å²) in [5, 5.41) is 14.7. The fourth-order valence-electron chi connectivity index (χ4n) is 5.02. The van der Waals surface area contributed by atoms with Crippen LogP contribution in [0.1, 0.15) is 35.6 Å². The first kappa shape index (κ1) is 23.7. The molecule has 1 N–H and O–H groups in total. The molecule has 0 heterocycles. The van der Waals surface area contributed by atoms with Crippen molar-refractivity contribution in [2.75, 3.05) is 0 Å². The van der Waals surface area contributed by atoms with E-state index in [0.717, 1.165) is 22.4 Å². The minimum Gasteiger partial charge on any atom is -0.383 e. The van der Waals surface area contributed by atoms with Crippen molar-refractivity contribution in [1.82, 2.24) is 0 Å². The Balaban J connectivity index is 1.71. The number of hydrogen-bond acceptors (Lipinski definition) is 2. The molecule has 0 amide bonds. The standard InChI is InChI=1S/C34H31NO/c1-2-34(36,30-22-10-5-11-23-30)32(25-29-21-14-20-26-15-12-13-24-31(26)29)35-33(27-16-6-3-7-17-27)28-18-8-4-9-19-28/h3-24,32,36H,2,25H2,1H3/t32-,34-/m1/s1. The number of fused-ring (bicyclic) bond motifs is 1. The van der Waals surface area contributed by atoms with Crippen LogP contribution in [0.2, 0.25) is 0 Å². The molecular formula is C34H31NO. The zero-order valence-electron chi connectivity index (χ0n) is 20.6. The van der Waals surface area contributed by atoms with Crippen LogP contribution in [0, 0.1) is 0 Å². The molecule has 0 aliphatic carbocycles. The second-order valence-corrected chi connectivity index (χ2v) is 9.21. The van der Waals surface area contributed by atoms with Gasteiger partial charge in [0.1, 0.15) is 5.60 Å². The van der Waals surface area contributed by atoms with Crippen LogP contribution >= 0.6 is 0 Å². The van der Waals surface area contributed by atoms with Crippen LogP contribution in [0.3, 0.4) is 0 Å². The molecule has 5 aromatic carbocycles. The van der Waals surface area contributed by atoms with E-state index in [4.69, 9.17) is 4.99 Å². The normalized spacial score (nSPS) is 13.6. The van der Waals surface area contributed by atoms with Crippen LogP contribution in [0.4, 0.5) is 0 Å². The van der Waals surface area contributed by atoms with Crippen molar-refractivity contribution in [2.24, 2.45) is 4.99 Å². The van der Waals surface area contributed by atoms with Gasteiger partial charge >= 0.3 is 0 Å². The molecule has 0 aromatic heterocycles. The predicted octanol–water partition coefficient (Wildman–Crippen LogP) is 7.59. The fourth-order valence-corrected chi connectivity index (χ4v) is 5.02. The summed E-state index contributed by atoms with van der Waals surface area (Å²) in [6.07, 6.45) is 1.16. The summed E-state index contributed by atoms with van der Waals surface area (Å²) in [6.45, 7) is 2.04. The van der Waals surface area contributed by atoms with Gasteiger partial charge in [-0.3, -0.25) is 4.99 Å². The van der Waals surface area contributed by atoms with Gasteiger partial charge < -0.3 is 5.11 Å². The molecule has 2 nitrogen and oxygen atoms in total. The lowest BCUT2D eigenvalue weighted by molar-refractivity contribution is 0.00652. The molecule has 0 saturated heterocycles. The highest BCUT2D eigenvalue weighted by Crippen LogP contribution is 2.35. The van der Waals surface area contributed by atoms with Crippen LogP contribution in [-0.2, 0) is 12.0 Å². The summed E-state index contributed by atoms with van der Waals surface area (Å²) in [5.74, 6) is 0. The quantitative estimate of drug-likeness (QED) is 0.233. The van der Waals surface area contributed by atoms with E-state index in [0.29, 0.717) is 12.8 Å². The summed E-state index contributed by atoms with van der Waals surface area (Å²) in [7, 11) is 0. The molecular weight excluding hydrogens is 438 g/mol. The van der Waals surface area contributed by atoms with Crippen LogP contribution in [0.15, 0.2) is 138 Å². The molecule has 0 spiro atoms. The molecule has 0 radical (unpaired) electrons. The van der Waals surface area contributed by atoms with Crippen molar-refractivity contribution in [2.45, 2.75) is 31.4 Å². The Morgan fingerprint density at radius 2 is 1.19 bits per heavy atom. The first-order chi connectivity index (χ1) is 17.7. The van der Waals surface area contributed by atoms with Crippen molar-refractivity contribution in [3.63, 3.8) is 0 Å². The Morgan fingerprint density at radius 1 is 0.667 bits per heavy atom. The van der Waals surface area contributed by atoms with Gasteiger partial charge in [-0.15, -0.1) is 0 Å². The molecule has 178 valence electrons. The number of hydrogen-bond donors (Lipinski definition) is 1. The molecule has 0 unspecified atom stereocenters. The van der Waals surface area contributed by atoms with Gasteiger partial charge in [-0.25, -0.2) is 0 Å². The van der Waals surface area contributed by atoms with Crippen LogP contribution in [0.5, 0.6) is 0 Å². The third-order valence-corrected chi connectivity index (χ3v) is 7.04. The Morgan fingerprint density at radius 3 is 1.81 bits per heavy atom. The Kier molecular flexibility index (Phi) is 7.06. The molecule has 0 bridgehead atoms. The van der Waals surface area contributed by atoms with E-state index in [2.05, 4.69) is 66.7 Å². The Labute approximate surface area is 213 Å². The second kappa shape index (κ2) is 10.7. The number of benzene rings is 5. The molecule has 2 atom stereocenters. The van der Waals surface area contributed by atoms with Gasteiger partial charge in [0.05, 0.1) is 11.8 Å². The van der Waals surface area contributed by atoms with Crippen molar-refractivity contribution in [3.8, 4) is 0 Å². The first-order valence-corrected chi connectivity index (χ1v) is 12.6. The van der Waals surface area contributed by atoms with Gasteiger partial charge in [0, 0.05) is 11.1 Å². The monoisotopic (exact) mass is 469 g/mol. The van der Waals surface area contributed by atoms with Gasteiger partial charge in [0.25, 0.3) is 0 Å². The van der Waals surface area contributed by atoms with Gasteiger partial charge in [-0.05, 0) is 34.7 Å². The molecule has 5 rings (SSSR count). The molecule has 36 heavy (non-hydrogen) atoms. The van der Waals surface area contributed by atoms with E-state index in [1.807, 2.05) is 73.7 Å². The fraction of sp³-hybridized carbons (Fsp3) is 0.147. The smallest absolute Gasteiger partial charge is 0.112 e. The van der Waals surface area contributed by atoms with Crippen LogP contribution in [0.25, 0.3) is 10.8 Å². The van der Waals surface area contributed by atoms with E-state index in [1.54, 1.807) is 0 Å². The third-order valence-electron chi connectivity index (χ3n) is 7.04. The maximum absolute atomic E-state index is 12.3. The Bertz CT molecular complexity index is 1400. The topological polar surface area (TPSA) is 32.6 Å². The van der Waals surface area contributed by atoms with Crippen molar-refractivity contribution >= 4 is 16.5 Å². The predicted molar refractivity (Wildman–Crippen MR) is 151 cm³/mol. The minimum atomic E-state index is -1.13. The summed E-state index contributed by atoms with van der Waals surface area (Å²) in [4.78, 5) is 5.40. The van der Waals surface area contributed by atoms with Gasteiger partial charge in [-0.1, -0.05) is 140 Å². The minimum absolute atomic E-state index is 0.397. The van der Waals surface area contributed by atoms with Gasteiger partial charge in [0.2, 0.25) is 0 Å². The summed E-state index contributed by atoms with van der Waals surface area (Å²) < 4.78 is 0. The summed E-state index contributed by atoms with van der Waals surface area (Å²) in [6, 6.07) is 45.0. The van der Waals surface area contributed by atoms with E-state index < -0.39 is 11.6 Å². The molecule has 0 aliphatic heterocycles. The molecule has 2 heteroatoms. The van der Waals surface area contributed by atoms with E-state index in [9.17, 15) is 5.11 Å². The highest BCUT2D eigenvalue weighted by atomic mass is 16.3. The molecule has 0 saturated carbocycles. The lowest BCUT2D eigenvalue weighted by atomic mass is 9.80. The lowest BCUT2D eigenvalue weighted by Crippen LogP contribution is -2.40. The zero-order valence-corrected chi connectivity index (χ0v) is 20.6. The SMILES string of the molecule is CC[C@@](O)(c1ccccc1)[C@@H](Cc1cccc2ccccc12)N=C(c1ccccc1)c1ccccc1. The maximum atomic E-state index is 12.3. The average Bonchev–Trinajstić information content (AvgIpc) is 2.96.